The molecule has 0 aromatic heterocycles. The second kappa shape index (κ2) is 9.03. The summed E-state index contributed by atoms with van der Waals surface area (Å²) in [6, 6.07) is 8.09. The Bertz CT molecular complexity index is 726. The highest BCUT2D eigenvalue weighted by atomic mass is 32.2. The average molecular weight is 395 g/mol. The molecule has 150 valence electrons. The molecule has 0 radical (unpaired) electrons. The molecule has 1 unspecified atom stereocenters. The average Bonchev–Trinajstić information content (AvgIpc) is 3.03. The molecule has 2 amide bonds. The third-order valence-corrected chi connectivity index (χ3v) is 7.27. The van der Waals surface area contributed by atoms with Gasteiger partial charge in [0.25, 0.3) is 0 Å². The monoisotopic (exact) mass is 394 g/mol. The van der Waals surface area contributed by atoms with Crippen LogP contribution in [0.2, 0.25) is 0 Å². The van der Waals surface area contributed by atoms with Crippen LogP contribution in [-0.4, -0.2) is 69.5 Å². The van der Waals surface area contributed by atoms with Crippen molar-refractivity contribution >= 4 is 16.1 Å². The summed E-state index contributed by atoms with van der Waals surface area (Å²) in [7, 11) is -1.37. The van der Waals surface area contributed by atoms with Crippen molar-refractivity contribution < 1.29 is 13.2 Å². The molecule has 2 aliphatic heterocycles. The number of likely N-dealkylation sites (tertiary alicyclic amines) is 1. The number of carbonyl (C=O) groups excluding carboxylic acids is 1. The Kier molecular flexibility index (Phi) is 6.73. The topological polar surface area (TPSA) is 81.8 Å². The van der Waals surface area contributed by atoms with Gasteiger partial charge < -0.3 is 15.5 Å². The second-order valence-electron chi connectivity index (χ2n) is 7.64. The van der Waals surface area contributed by atoms with Crippen molar-refractivity contribution in [2.24, 2.45) is 5.92 Å². The fourth-order valence-electron chi connectivity index (χ4n) is 3.88. The molecule has 27 heavy (non-hydrogen) atoms. The summed E-state index contributed by atoms with van der Waals surface area (Å²) in [5, 5.41) is 5.90. The third-order valence-electron chi connectivity index (χ3n) is 5.39. The highest BCUT2D eigenvalue weighted by Gasteiger charge is 2.33. The van der Waals surface area contributed by atoms with E-state index in [0.29, 0.717) is 36.9 Å². The fraction of sp³-hybridized carbons (Fsp3) is 0.632. The van der Waals surface area contributed by atoms with Crippen LogP contribution in [0.5, 0.6) is 0 Å². The van der Waals surface area contributed by atoms with Gasteiger partial charge in [0.2, 0.25) is 10.0 Å². The first-order chi connectivity index (χ1) is 12.9. The number of sulfonamides is 1. The molecule has 2 N–H and O–H groups in total. The molecule has 0 spiro atoms. The molecule has 1 aromatic carbocycles. The van der Waals surface area contributed by atoms with E-state index in [0.717, 1.165) is 19.5 Å². The molecular formula is C19H30N4O3S. The van der Waals surface area contributed by atoms with E-state index in [-0.39, 0.29) is 12.1 Å². The molecule has 2 saturated heterocycles. The van der Waals surface area contributed by atoms with Crippen LogP contribution in [0.1, 0.15) is 25.7 Å². The maximum Gasteiger partial charge on any atom is 0.315 e. The molecule has 2 heterocycles. The molecule has 1 aromatic rings. The molecule has 2 fully saturated rings. The molecule has 7 nitrogen and oxygen atoms in total. The molecule has 3 rings (SSSR count). The first-order valence-corrected chi connectivity index (χ1v) is 11.2. The highest BCUT2D eigenvalue weighted by Crippen LogP contribution is 2.21. The zero-order chi connectivity index (χ0) is 19.3. The predicted octanol–water partition coefficient (Wildman–Crippen LogP) is 1.48. The van der Waals surface area contributed by atoms with Gasteiger partial charge in [0.15, 0.2) is 0 Å². The zero-order valence-corrected chi connectivity index (χ0v) is 16.7. The van der Waals surface area contributed by atoms with Crippen LogP contribution in [0.3, 0.4) is 0 Å². The number of carbonyl (C=O) groups is 1. The van der Waals surface area contributed by atoms with E-state index >= 15 is 0 Å². The zero-order valence-electron chi connectivity index (χ0n) is 15.9. The lowest BCUT2D eigenvalue weighted by molar-refractivity contribution is 0.232. The van der Waals surface area contributed by atoms with Crippen molar-refractivity contribution in [2.45, 2.75) is 36.6 Å². The Balaban J connectivity index is 1.46. The van der Waals surface area contributed by atoms with Gasteiger partial charge in [-0.2, -0.15) is 4.31 Å². The lowest BCUT2D eigenvalue weighted by Crippen LogP contribution is -2.45. The third kappa shape index (κ3) is 5.43. The molecule has 2 atom stereocenters. The van der Waals surface area contributed by atoms with E-state index in [1.165, 1.54) is 17.1 Å². The molecule has 0 saturated carbocycles. The lowest BCUT2D eigenvalue weighted by Gasteiger charge is -2.21. The smallest absolute Gasteiger partial charge is 0.315 e. The maximum atomic E-state index is 12.7. The van der Waals surface area contributed by atoms with E-state index in [1.54, 1.807) is 30.3 Å². The number of rotatable bonds is 5. The first-order valence-electron chi connectivity index (χ1n) is 9.73. The number of nitrogens with one attached hydrogen (secondary N) is 2. The molecular weight excluding hydrogens is 364 g/mol. The maximum absolute atomic E-state index is 12.7. The number of nitrogens with zero attached hydrogens (tertiary/aromatic N) is 2. The van der Waals surface area contributed by atoms with Crippen LogP contribution in [0, 0.1) is 5.92 Å². The minimum Gasteiger partial charge on any atom is -0.338 e. The Hall–Kier alpha value is -1.64. The second-order valence-corrected chi connectivity index (χ2v) is 9.58. The first kappa shape index (κ1) is 20.1. The molecule has 8 heteroatoms. The van der Waals surface area contributed by atoms with Crippen molar-refractivity contribution in [3.63, 3.8) is 0 Å². The van der Waals surface area contributed by atoms with Crippen molar-refractivity contribution in [1.29, 1.82) is 0 Å². The molecule has 2 aliphatic rings. The van der Waals surface area contributed by atoms with Gasteiger partial charge in [-0.3, -0.25) is 0 Å². The van der Waals surface area contributed by atoms with Crippen molar-refractivity contribution in [3.05, 3.63) is 30.3 Å². The van der Waals surface area contributed by atoms with E-state index in [4.69, 9.17) is 0 Å². The largest absolute Gasteiger partial charge is 0.338 e. The molecule has 0 aliphatic carbocycles. The number of hydrogen-bond acceptors (Lipinski definition) is 4. The Morgan fingerprint density at radius 3 is 2.67 bits per heavy atom. The summed E-state index contributed by atoms with van der Waals surface area (Å²) in [5.41, 5.74) is 0. The molecule has 0 bridgehead atoms. The van der Waals surface area contributed by atoms with Crippen molar-refractivity contribution in [2.75, 3.05) is 39.8 Å². The van der Waals surface area contributed by atoms with Gasteiger partial charge in [0.1, 0.15) is 0 Å². The number of hydrogen-bond donors (Lipinski definition) is 2. The number of benzene rings is 1. The summed E-state index contributed by atoms with van der Waals surface area (Å²) in [5.74, 6) is 0.474. The quantitative estimate of drug-likeness (QED) is 0.793. The van der Waals surface area contributed by atoms with Crippen molar-refractivity contribution in [1.82, 2.24) is 19.8 Å². The van der Waals surface area contributed by atoms with Crippen LogP contribution >= 0.6 is 0 Å². The highest BCUT2D eigenvalue weighted by molar-refractivity contribution is 7.89. The number of urea groups is 1. The SMILES string of the molecule is CN1CCCCC(CNC(=O)N[C@H]2CCN(S(=O)(=O)c3ccccc3)C2)C1. The van der Waals surface area contributed by atoms with Crippen molar-refractivity contribution in [3.8, 4) is 0 Å². The van der Waals surface area contributed by atoms with Gasteiger partial charge in [0.05, 0.1) is 4.90 Å². The standard InChI is InChI=1S/C19H30N4O3S/c1-22-11-6-5-7-16(14-22)13-20-19(24)21-17-10-12-23(15-17)27(25,26)18-8-3-2-4-9-18/h2-4,8-9,16-17H,5-7,10-15H2,1H3,(H2,20,21,24)/t16?,17-/m0/s1. The summed E-state index contributed by atoms with van der Waals surface area (Å²) < 4.78 is 26.8. The van der Waals surface area contributed by atoms with E-state index in [1.807, 2.05) is 0 Å². The normalized spacial score (nSPS) is 25.1. The van der Waals surface area contributed by atoms with Gasteiger partial charge >= 0.3 is 6.03 Å². The Morgan fingerprint density at radius 2 is 1.89 bits per heavy atom. The van der Waals surface area contributed by atoms with Crippen LogP contribution in [-0.2, 0) is 10.0 Å². The lowest BCUT2D eigenvalue weighted by atomic mass is 10.0. The van der Waals surface area contributed by atoms with Gasteiger partial charge in [0, 0.05) is 32.2 Å². The predicted molar refractivity (Wildman–Crippen MR) is 105 cm³/mol. The van der Waals surface area contributed by atoms with Gasteiger partial charge in [-0.25, -0.2) is 13.2 Å². The minimum atomic E-state index is -3.49. The summed E-state index contributed by atoms with van der Waals surface area (Å²) >= 11 is 0. The Morgan fingerprint density at radius 1 is 1.11 bits per heavy atom. The number of amides is 2. The van der Waals surface area contributed by atoms with Gasteiger partial charge in [-0.05, 0) is 50.9 Å². The van der Waals surface area contributed by atoms with Gasteiger partial charge in [-0.1, -0.05) is 24.6 Å². The summed E-state index contributed by atoms with van der Waals surface area (Å²) in [6.45, 7) is 3.53. The fourth-order valence-corrected chi connectivity index (χ4v) is 5.41. The van der Waals surface area contributed by atoms with Crippen LogP contribution in [0.25, 0.3) is 0 Å². The summed E-state index contributed by atoms with van der Waals surface area (Å²) in [4.78, 5) is 14.9. The Labute approximate surface area is 162 Å². The van der Waals surface area contributed by atoms with Gasteiger partial charge in [-0.15, -0.1) is 0 Å². The van der Waals surface area contributed by atoms with E-state index in [2.05, 4.69) is 22.6 Å². The van der Waals surface area contributed by atoms with Crippen LogP contribution < -0.4 is 10.6 Å². The van der Waals surface area contributed by atoms with E-state index < -0.39 is 10.0 Å². The minimum absolute atomic E-state index is 0.153. The van der Waals surface area contributed by atoms with Crippen LogP contribution in [0.4, 0.5) is 4.79 Å². The van der Waals surface area contributed by atoms with E-state index in [9.17, 15) is 13.2 Å². The summed E-state index contributed by atoms with van der Waals surface area (Å²) in [6.07, 6.45) is 4.18. The van der Waals surface area contributed by atoms with Crippen LogP contribution in [0.15, 0.2) is 35.2 Å².